The number of hydrogen-bond acceptors (Lipinski definition) is 7. The van der Waals surface area contributed by atoms with Crippen molar-refractivity contribution in [3.8, 4) is 22.3 Å². The Labute approximate surface area is 505 Å². The van der Waals surface area contributed by atoms with E-state index < -0.39 is 0 Å². The number of rotatable bonds is 18. The molecule has 8 aliphatic carbocycles. The molecule has 0 radical (unpaired) electrons. The number of nitrogens with zero attached hydrogens (tertiary/aromatic N) is 2. The third-order valence-corrected chi connectivity index (χ3v) is 26.5. The fourth-order valence-corrected chi connectivity index (χ4v) is 21.8. The Morgan fingerprint density at radius 1 is 0.506 bits per heavy atom. The number of esters is 2. The molecular formula is C76H104N2O4S. The second kappa shape index (κ2) is 23.9. The zero-order chi connectivity index (χ0) is 58.0. The van der Waals surface area contributed by atoms with Crippen LogP contribution in [0.2, 0.25) is 0 Å². The van der Waals surface area contributed by atoms with Crippen LogP contribution in [0.3, 0.4) is 0 Å². The monoisotopic (exact) mass is 1140 g/mol. The summed E-state index contributed by atoms with van der Waals surface area (Å²) in [7, 11) is 0. The van der Waals surface area contributed by atoms with Crippen LogP contribution in [-0.4, -0.2) is 20.7 Å². The van der Waals surface area contributed by atoms with Crippen molar-refractivity contribution in [3.63, 3.8) is 0 Å². The number of carbonyl (C=O) groups excluding carboxylic acids is 2. The summed E-state index contributed by atoms with van der Waals surface area (Å²) in [6, 6.07) is 21.1. The highest BCUT2D eigenvalue weighted by Crippen LogP contribution is 2.69. The topological polar surface area (TPSA) is 78.4 Å². The van der Waals surface area contributed by atoms with E-state index in [0.717, 1.165) is 154 Å². The Morgan fingerprint density at radius 2 is 0.916 bits per heavy atom. The van der Waals surface area contributed by atoms with Crippen LogP contribution in [0.25, 0.3) is 33.3 Å². The summed E-state index contributed by atoms with van der Waals surface area (Å²) in [6.07, 6.45) is 32.9. The zero-order valence-electron chi connectivity index (χ0n) is 52.9. The van der Waals surface area contributed by atoms with Crippen molar-refractivity contribution in [1.82, 2.24) is 8.75 Å². The van der Waals surface area contributed by atoms with Crippen LogP contribution >= 0.6 is 11.7 Å². The molecule has 7 heteroatoms. The van der Waals surface area contributed by atoms with Crippen molar-refractivity contribution in [1.29, 1.82) is 0 Å². The maximum atomic E-state index is 13.8. The number of ether oxygens (including phenoxy) is 2. The first-order chi connectivity index (χ1) is 39.9. The summed E-state index contributed by atoms with van der Waals surface area (Å²) < 4.78 is 21.8. The Morgan fingerprint density at radius 3 is 1.31 bits per heavy atom. The maximum absolute atomic E-state index is 13.8. The molecule has 448 valence electrons. The molecule has 1 aromatic heterocycles. The largest absolute Gasteiger partial charge is 0.461 e. The molecule has 8 aliphatic rings. The van der Waals surface area contributed by atoms with Gasteiger partial charge in [0.25, 0.3) is 0 Å². The van der Waals surface area contributed by atoms with Gasteiger partial charge in [0.05, 0.1) is 23.6 Å². The molecule has 0 unspecified atom stereocenters. The van der Waals surface area contributed by atoms with Crippen LogP contribution in [0, 0.1) is 105 Å². The first-order valence-electron chi connectivity index (χ1n) is 34.0. The summed E-state index contributed by atoms with van der Waals surface area (Å²) in [4.78, 5) is 27.6. The number of fused-ring (bicyclic) bond motifs is 11. The number of carbonyl (C=O) groups is 2. The van der Waals surface area contributed by atoms with E-state index >= 15 is 0 Å². The zero-order valence-corrected chi connectivity index (χ0v) is 53.7. The summed E-state index contributed by atoms with van der Waals surface area (Å²) in [5.41, 5.74) is 12.5. The number of benzene rings is 3. The van der Waals surface area contributed by atoms with Crippen molar-refractivity contribution >= 4 is 34.7 Å². The molecule has 0 bridgehead atoms. The van der Waals surface area contributed by atoms with Crippen molar-refractivity contribution in [3.05, 3.63) is 95.1 Å². The lowest BCUT2D eigenvalue weighted by Gasteiger charge is -2.58. The van der Waals surface area contributed by atoms with E-state index in [1.807, 2.05) is 0 Å². The van der Waals surface area contributed by atoms with Gasteiger partial charge in [0.2, 0.25) is 0 Å². The van der Waals surface area contributed by atoms with E-state index in [-0.39, 0.29) is 47.8 Å². The van der Waals surface area contributed by atoms with Gasteiger partial charge in [0, 0.05) is 11.1 Å². The third-order valence-electron chi connectivity index (χ3n) is 26.0. The van der Waals surface area contributed by atoms with Gasteiger partial charge in [-0.1, -0.05) is 192 Å². The molecule has 6 fully saturated rings. The quantitative estimate of drug-likeness (QED) is 0.0730. The highest BCUT2D eigenvalue weighted by molar-refractivity contribution is 7.00. The van der Waals surface area contributed by atoms with Gasteiger partial charge >= 0.3 is 11.9 Å². The molecular weight excluding hydrogens is 1040 g/mol. The summed E-state index contributed by atoms with van der Waals surface area (Å²) in [6.45, 7) is 25.7. The minimum absolute atomic E-state index is 0.0390. The van der Waals surface area contributed by atoms with Gasteiger partial charge in [-0.05, 0) is 218 Å². The molecule has 6 saturated carbocycles. The second-order valence-corrected chi connectivity index (χ2v) is 31.7. The predicted molar refractivity (Wildman–Crippen MR) is 341 cm³/mol. The molecule has 83 heavy (non-hydrogen) atoms. The normalized spacial score (nSPS) is 35.3. The average molecular weight is 1140 g/mol. The molecule has 0 spiro atoms. The smallest absolute Gasteiger partial charge is 0.309 e. The Kier molecular flexibility index (Phi) is 17.0. The highest BCUT2D eigenvalue weighted by atomic mass is 32.1. The average Bonchev–Trinajstić information content (AvgIpc) is 1.96. The van der Waals surface area contributed by atoms with E-state index in [9.17, 15) is 9.59 Å². The first-order valence-corrected chi connectivity index (χ1v) is 34.8. The number of hydrogen-bond donors (Lipinski definition) is 0. The molecule has 0 saturated heterocycles. The lowest BCUT2D eigenvalue weighted by atomic mass is 9.46. The lowest BCUT2D eigenvalue weighted by Crippen LogP contribution is -2.50. The maximum Gasteiger partial charge on any atom is 0.309 e. The third kappa shape index (κ3) is 11.1. The molecule has 0 aliphatic heterocycles. The van der Waals surface area contributed by atoms with E-state index in [1.165, 1.54) is 114 Å². The Balaban J connectivity index is 0.615. The number of aromatic nitrogens is 2. The molecule has 0 N–H and O–H groups in total. The van der Waals surface area contributed by atoms with Crippen molar-refractivity contribution < 1.29 is 19.1 Å². The predicted octanol–water partition coefficient (Wildman–Crippen LogP) is 20.4. The molecule has 6 nitrogen and oxygen atoms in total. The van der Waals surface area contributed by atoms with Gasteiger partial charge in [0.1, 0.15) is 24.2 Å². The highest BCUT2D eigenvalue weighted by Gasteiger charge is 2.61. The second-order valence-electron chi connectivity index (χ2n) is 31.2. The molecule has 16 atom stereocenters. The lowest BCUT2D eigenvalue weighted by molar-refractivity contribution is -0.152. The first kappa shape index (κ1) is 59.2. The van der Waals surface area contributed by atoms with Gasteiger partial charge in [-0.2, -0.15) is 8.75 Å². The summed E-state index contributed by atoms with van der Waals surface area (Å²) >= 11 is 1.24. The van der Waals surface area contributed by atoms with Gasteiger partial charge in [-0.15, -0.1) is 0 Å². The van der Waals surface area contributed by atoms with Crippen molar-refractivity contribution in [2.45, 2.75) is 224 Å². The van der Waals surface area contributed by atoms with Crippen LogP contribution in [-0.2, 0) is 32.3 Å². The molecule has 3 aromatic carbocycles. The van der Waals surface area contributed by atoms with E-state index in [1.54, 1.807) is 11.1 Å². The summed E-state index contributed by atoms with van der Waals surface area (Å²) in [5.74, 6) is 9.63. The standard InChI is InChI=1S/C76H104N2O4S/c1-47(2)13-11-15-49(5)63-31-33-65-61-27-25-57-43-55(35-39-73(57,7)67(61)37-41-75(63,65)9)71(79)81-45-51-17-21-53(22-18-51)59-29-30-60(70-69(59)77-83-78-70)54-23-19-52(20-24-54)46-82-72(80)56-36-40-74(8)58(44-56)26-28-62-66-34-32-64(50(6)16-12-14-48(3)4)76(66,10)42-38-68(62)74/h17-26,29-30,47-50,55-56,61-68H,11-16,27-28,31-46H2,1-10H3/t49-,50-,55+,56+,61+,62+,63-,64-,65+,66+,67+,68+,73+,74+,75-,76-/m1/s1. The molecule has 1 heterocycles. The fraction of sp³-hybridized carbons (Fsp3) is 0.684. The number of allylic oxidation sites excluding steroid dienone is 4. The van der Waals surface area contributed by atoms with Crippen molar-refractivity contribution in [2.75, 3.05) is 0 Å². The Bertz CT molecular complexity index is 2820. The van der Waals surface area contributed by atoms with E-state index in [0.29, 0.717) is 10.8 Å². The molecule has 0 amide bonds. The van der Waals surface area contributed by atoms with Crippen molar-refractivity contribution in [2.24, 2.45) is 105 Å². The van der Waals surface area contributed by atoms with Gasteiger partial charge in [-0.3, -0.25) is 9.59 Å². The van der Waals surface area contributed by atoms with Crippen LogP contribution in [0.5, 0.6) is 0 Å². The van der Waals surface area contributed by atoms with E-state index in [2.05, 4.69) is 142 Å². The van der Waals surface area contributed by atoms with Gasteiger partial charge < -0.3 is 9.47 Å². The Hall–Kier alpha value is -4.10. The van der Waals surface area contributed by atoms with E-state index in [4.69, 9.17) is 18.2 Å². The molecule has 4 aromatic rings. The van der Waals surface area contributed by atoms with Crippen LogP contribution in [0.4, 0.5) is 0 Å². The van der Waals surface area contributed by atoms with Crippen LogP contribution in [0.1, 0.15) is 222 Å². The SMILES string of the molecule is CC(C)CCC[C@@H](C)[C@H]1CC[C@H]2[C@@H]3CC=C4C[C@@H](C(=O)OCc5ccc(-c6ccc(-c7ccc(COC(=O)[C@H]8CC[C@@]9(C)C(=CC[C@H]%10[C@@H]%11CC[C@H]([C@H](C)CCCC(C)C)[C@@]%11(C)CC[C@@H]%109)C8)cc7)c7nsnc67)cc5)CC[C@]4(C)[C@H]3CC[C@]12C. The van der Waals surface area contributed by atoms with Crippen LogP contribution < -0.4 is 0 Å². The van der Waals surface area contributed by atoms with Gasteiger partial charge in [-0.25, -0.2) is 0 Å². The van der Waals surface area contributed by atoms with Gasteiger partial charge in [0.15, 0.2) is 0 Å². The minimum Gasteiger partial charge on any atom is -0.461 e. The minimum atomic E-state index is -0.0572. The summed E-state index contributed by atoms with van der Waals surface area (Å²) in [5, 5.41) is 0. The molecule has 12 rings (SSSR count). The fourth-order valence-electron chi connectivity index (χ4n) is 21.2. The van der Waals surface area contributed by atoms with Crippen LogP contribution in [0.15, 0.2) is 84.0 Å².